The second-order valence-electron chi connectivity index (χ2n) is 7.60. The Balaban J connectivity index is 2.68. The Labute approximate surface area is 186 Å². The van der Waals surface area contributed by atoms with Crippen LogP contribution in [0.15, 0.2) is 65.6 Å². The number of hydrogen-bond donors (Lipinski definition) is 0. The van der Waals surface area contributed by atoms with E-state index < -0.39 is 38.7 Å². The fourth-order valence-electron chi connectivity index (χ4n) is 3.75. The van der Waals surface area contributed by atoms with Gasteiger partial charge >= 0.3 is 3.41 Å². The maximum atomic E-state index is 13.8. The first-order valence-electron chi connectivity index (χ1n) is 10.3. The van der Waals surface area contributed by atoms with Crippen LogP contribution in [0.2, 0.25) is 0 Å². The predicted octanol–water partition coefficient (Wildman–Crippen LogP) is 4.09. The van der Waals surface area contributed by atoms with E-state index in [1.54, 1.807) is 12.1 Å². The van der Waals surface area contributed by atoms with Crippen LogP contribution in [0.1, 0.15) is 51.0 Å². The van der Waals surface area contributed by atoms with Crippen LogP contribution in [0.5, 0.6) is 0 Å². The smallest absolute Gasteiger partial charge is 0.226 e. The van der Waals surface area contributed by atoms with Gasteiger partial charge in [0, 0.05) is 11.8 Å². The van der Waals surface area contributed by atoms with Crippen LogP contribution < -0.4 is 0 Å². The van der Waals surface area contributed by atoms with E-state index in [4.69, 9.17) is 0 Å². The Morgan fingerprint density at radius 2 is 1.16 bits per heavy atom. The number of unbranched alkanes of at least 4 members (excludes halogenated alkanes) is 5. The molecule has 0 spiro atoms. The lowest BCUT2D eigenvalue weighted by Gasteiger charge is -2.31. The van der Waals surface area contributed by atoms with Gasteiger partial charge in [0.2, 0.25) is 9.84 Å². The molecular formula is C22H30O6S3. The van der Waals surface area contributed by atoms with Gasteiger partial charge in [-0.3, -0.25) is 0 Å². The minimum absolute atomic E-state index is 0.195. The molecule has 2 aromatic carbocycles. The van der Waals surface area contributed by atoms with E-state index in [9.17, 15) is 25.3 Å². The van der Waals surface area contributed by atoms with Gasteiger partial charge in [0.05, 0.1) is 10.6 Å². The predicted molar refractivity (Wildman–Crippen MR) is 124 cm³/mol. The van der Waals surface area contributed by atoms with Crippen LogP contribution in [-0.4, -0.2) is 37.3 Å². The fraction of sp³-hybridized carbons (Fsp3) is 0.455. The highest BCUT2D eigenvalue weighted by atomic mass is 32.3. The zero-order chi connectivity index (χ0) is 23.2. The average Bonchev–Trinajstić information content (AvgIpc) is 2.71. The molecule has 0 aliphatic heterocycles. The first-order valence-corrected chi connectivity index (χ1v) is 15.3. The molecule has 31 heavy (non-hydrogen) atoms. The van der Waals surface area contributed by atoms with Crippen molar-refractivity contribution in [3.05, 3.63) is 66.2 Å². The van der Waals surface area contributed by atoms with Gasteiger partial charge in [0.15, 0.2) is 19.7 Å². The minimum Gasteiger partial charge on any atom is -0.226 e. The van der Waals surface area contributed by atoms with Crippen molar-refractivity contribution in [2.24, 2.45) is 0 Å². The van der Waals surface area contributed by atoms with Crippen molar-refractivity contribution < 1.29 is 25.3 Å². The van der Waals surface area contributed by atoms with Gasteiger partial charge in [0.25, 0.3) is 0 Å². The summed E-state index contributed by atoms with van der Waals surface area (Å²) in [6, 6.07) is 13.8. The lowest BCUT2D eigenvalue weighted by atomic mass is 10.1. The average molecular weight is 487 g/mol. The summed E-state index contributed by atoms with van der Waals surface area (Å²) >= 11 is 0. The number of benzene rings is 2. The summed E-state index contributed by atoms with van der Waals surface area (Å²) in [5, 5.41) is 0. The Morgan fingerprint density at radius 1 is 0.677 bits per heavy atom. The lowest BCUT2D eigenvalue weighted by molar-refractivity contribution is 0.550. The molecule has 0 radical (unpaired) electrons. The lowest BCUT2D eigenvalue weighted by Crippen LogP contribution is -2.50. The van der Waals surface area contributed by atoms with Crippen molar-refractivity contribution in [1.29, 1.82) is 0 Å². The third-order valence-corrected chi connectivity index (χ3v) is 14.8. The summed E-state index contributed by atoms with van der Waals surface area (Å²) < 4.78 is 78.0. The summed E-state index contributed by atoms with van der Waals surface area (Å²) in [4.78, 5) is -0.351. The largest absolute Gasteiger partial charge is 0.301 e. The summed E-state index contributed by atoms with van der Waals surface area (Å²) in [5.74, 6) is -0.535. The van der Waals surface area contributed by atoms with Crippen LogP contribution in [0, 0.1) is 0 Å². The molecule has 0 fully saturated rings. The quantitative estimate of drug-likeness (QED) is 0.419. The maximum Gasteiger partial charge on any atom is 0.301 e. The van der Waals surface area contributed by atoms with E-state index in [0.29, 0.717) is 12.7 Å². The standard InChI is InChI=1S/C22H30O6S3/c1-3-4-5-6-7-14-19-30(25,26)22(29(2,23)24,20-15-10-8-11-16-20)31(27,28)21-17-12-9-13-18-21/h8-13,15-18H,3-7,14,19H2,1-2H3. The Kier molecular flexibility index (Phi) is 8.47. The van der Waals surface area contributed by atoms with Crippen molar-refractivity contribution in [3.8, 4) is 0 Å². The summed E-state index contributed by atoms with van der Waals surface area (Å²) in [6.45, 7) is 2.07. The van der Waals surface area contributed by atoms with Crippen LogP contribution in [0.3, 0.4) is 0 Å². The molecule has 1 unspecified atom stereocenters. The Bertz CT molecular complexity index is 1160. The number of sulfone groups is 3. The monoisotopic (exact) mass is 486 g/mol. The highest BCUT2D eigenvalue weighted by Crippen LogP contribution is 2.45. The van der Waals surface area contributed by atoms with Crippen molar-refractivity contribution in [2.45, 2.75) is 53.8 Å². The molecule has 172 valence electrons. The van der Waals surface area contributed by atoms with Crippen molar-refractivity contribution >= 4 is 29.5 Å². The fourth-order valence-corrected chi connectivity index (χ4v) is 12.8. The third kappa shape index (κ3) is 5.04. The highest BCUT2D eigenvalue weighted by Gasteiger charge is 2.64. The summed E-state index contributed by atoms with van der Waals surface area (Å²) in [7, 11) is -14.2. The van der Waals surface area contributed by atoms with E-state index in [-0.39, 0.29) is 16.9 Å². The first kappa shape index (κ1) is 25.5. The Hall–Kier alpha value is -1.71. The zero-order valence-corrected chi connectivity index (χ0v) is 20.3. The second kappa shape index (κ2) is 10.3. The molecule has 0 aliphatic rings. The van der Waals surface area contributed by atoms with E-state index in [1.165, 1.54) is 48.5 Å². The van der Waals surface area contributed by atoms with Crippen LogP contribution in [-0.2, 0) is 32.9 Å². The zero-order valence-electron chi connectivity index (χ0n) is 17.9. The molecule has 9 heteroatoms. The van der Waals surface area contributed by atoms with Gasteiger partial charge in [-0.15, -0.1) is 0 Å². The molecule has 0 amide bonds. The van der Waals surface area contributed by atoms with Crippen molar-refractivity contribution in [3.63, 3.8) is 0 Å². The highest BCUT2D eigenvalue weighted by molar-refractivity contribution is 8.24. The van der Waals surface area contributed by atoms with E-state index >= 15 is 0 Å². The summed E-state index contributed by atoms with van der Waals surface area (Å²) in [6.07, 6.45) is 5.30. The minimum atomic E-state index is -4.86. The van der Waals surface area contributed by atoms with Gasteiger partial charge in [0.1, 0.15) is 0 Å². The van der Waals surface area contributed by atoms with Crippen LogP contribution in [0.25, 0.3) is 0 Å². The molecule has 0 heterocycles. The normalized spacial score (nSPS) is 14.8. The number of hydrogen-bond acceptors (Lipinski definition) is 6. The topological polar surface area (TPSA) is 102 Å². The van der Waals surface area contributed by atoms with Crippen LogP contribution in [0.4, 0.5) is 0 Å². The molecule has 0 aromatic heterocycles. The van der Waals surface area contributed by atoms with Crippen molar-refractivity contribution in [2.75, 3.05) is 12.0 Å². The van der Waals surface area contributed by atoms with Gasteiger partial charge < -0.3 is 0 Å². The van der Waals surface area contributed by atoms with Gasteiger partial charge in [-0.1, -0.05) is 87.6 Å². The Morgan fingerprint density at radius 3 is 1.68 bits per heavy atom. The molecule has 0 aliphatic carbocycles. The van der Waals surface area contributed by atoms with Crippen LogP contribution >= 0.6 is 0 Å². The molecule has 6 nitrogen and oxygen atoms in total. The molecule has 0 bridgehead atoms. The first-order chi connectivity index (χ1) is 14.5. The second-order valence-corrected chi connectivity index (χ2v) is 14.9. The molecule has 0 saturated heterocycles. The molecule has 0 saturated carbocycles. The molecule has 1 atom stereocenters. The van der Waals surface area contributed by atoms with E-state index in [1.807, 2.05) is 0 Å². The maximum absolute atomic E-state index is 13.8. The van der Waals surface area contributed by atoms with Gasteiger partial charge in [-0.2, -0.15) is 0 Å². The molecule has 2 rings (SSSR count). The van der Waals surface area contributed by atoms with Crippen molar-refractivity contribution in [1.82, 2.24) is 0 Å². The SMILES string of the molecule is CCCCCCCCS(=O)(=O)C(c1ccccc1)(S(C)(=O)=O)S(=O)(=O)c1ccccc1. The molecule has 0 N–H and O–H groups in total. The van der Waals surface area contributed by atoms with Gasteiger partial charge in [-0.25, -0.2) is 25.3 Å². The number of rotatable bonds is 12. The van der Waals surface area contributed by atoms with Gasteiger partial charge in [-0.05, 0) is 18.6 Å². The summed E-state index contributed by atoms with van der Waals surface area (Å²) in [5.41, 5.74) is -0.285. The molecular weight excluding hydrogens is 456 g/mol. The van der Waals surface area contributed by atoms with E-state index in [0.717, 1.165) is 25.7 Å². The molecule has 2 aromatic rings. The third-order valence-electron chi connectivity index (χ3n) is 5.20. The van der Waals surface area contributed by atoms with E-state index in [2.05, 4.69) is 6.92 Å².